The molecular formula is C75H92N10O19S. The molecule has 0 radical (unpaired) electrons. The summed E-state index contributed by atoms with van der Waals surface area (Å²) in [5, 5.41) is 44.5. The topological polar surface area (TPSA) is 360 Å². The number of benzene rings is 3. The van der Waals surface area contributed by atoms with Crippen molar-refractivity contribution in [3.63, 3.8) is 0 Å². The number of aliphatic hydroxyl groups excluding tert-OH is 1. The summed E-state index contributed by atoms with van der Waals surface area (Å²) in [6.45, 7) is 11.9. The van der Waals surface area contributed by atoms with E-state index in [2.05, 4.69) is 41.7 Å². The normalized spacial score (nSPS) is 22.0. The number of fused-ring (bicyclic) bond motifs is 4. The van der Waals surface area contributed by atoms with Crippen LogP contribution in [0.1, 0.15) is 122 Å². The molecule has 7 atom stereocenters. The van der Waals surface area contributed by atoms with E-state index in [1.807, 2.05) is 71.1 Å². The number of aromatic nitrogens is 4. The number of ether oxygens (including phenoxy) is 8. The van der Waals surface area contributed by atoms with Gasteiger partial charge < -0.3 is 73.6 Å². The van der Waals surface area contributed by atoms with Gasteiger partial charge in [0.2, 0.25) is 18.1 Å². The van der Waals surface area contributed by atoms with Gasteiger partial charge >= 0.3 is 18.0 Å². The fourth-order valence-corrected chi connectivity index (χ4v) is 16.2. The first-order valence-electron chi connectivity index (χ1n) is 35.6. The van der Waals surface area contributed by atoms with Gasteiger partial charge in [-0.3, -0.25) is 38.9 Å². The number of carbonyl (C=O) groups excluding carboxylic acids is 6. The molecule has 6 N–H and O–H groups in total. The third kappa shape index (κ3) is 19.8. The van der Waals surface area contributed by atoms with Gasteiger partial charge in [0.1, 0.15) is 24.8 Å². The van der Waals surface area contributed by atoms with Gasteiger partial charge in [-0.15, -0.1) is 0 Å². The number of amides is 6. The number of nitrogens with one attached hydrogen (secondary N) is 3. The summed E-state index contributed by atoms with van der Waals surface area (Å²) in [4.78, 5) is 115. The summed E-state index contributed by atoms with van der Waals surface area (Å²) in [5.74, 6) is -3.51. The number of likely N-dealkylation sites (N-methyl/N-ethyl adjacent to an activating group) is 1. The Morgan fingerprint density at radius 1 is 0.819 bits per heavy atom. The van der Waals surface area contributed by atoms with Crippen LogP contribution >= 0.6 is 11.3 Å². The van der Waals surface area contributed by atoms with E-state index >= 15 is 0 Å². The Hall–Kier alpha value is -9.27. The van der Waals surface area contributed by atoms with Crippen LogP contribution in [0.15, 0.2) is 91.1 Å². The second-order valence-electron chi connectivity index (χ2n) is 28.1. The first-order valence-corrected chi connectivity index (χ1v) is 36.4. The van der Waals surface area contributed by atoms with Gasteiger partial charge in [0.05, 0.1) is 93.2 Å². The van der Waals surface area contributed by atoms with Crippen molar-refractivity contribution >= 4 is 85.8 Å². The van der Waals surface area contributed by atoms with E-state index in [9.17, 15) is 53.7 Å². The Kier molecular flexibility index (Phi) is 25.4. The highest BCUT2D eigenvalue weighted by molar-refractivity contribution is 7.22. The van der Waals surface area contributed by atoms with Crippen molar-refractivity contribution < 1.29 is 91.6 Å². The van der Waals surface area contributed by atoms with Crippen LogP contribution in [0.2, 0.25) is 0 Å². The van der Waals surface area contributed by atoms with E-state index < -0.39 is 60.2 Å². The fraction of sp³-hybridized carbons (Fsp3) is 0.507. The smallest absolute Gasteiger partial charge is 0.409 e. The molecule has 105 heavy (non-hydrogen) atoms. The van der Waals surface area contributed by atoms with Gasteiger partial charge in [0, 0.05) is 93.6 Å². The number of rotatable bonds is 35. The summed E-state index contributed by atoms with van der Waals surface area (Å²) in [5.41, 5.74) is 5.24. The van der Waals surface area contributed by atoms with Crippen LogP contribution in [0.3, 0.4) is 0 Å². The van der Waals surface area contributed by atoms with Crippen LogP contribution in [0.5, 0.6) is 5.75 Å². The molecule has 2 aliphatic carbocycles. The second kappa shape index (κ2) is 34.8. The minimum absolute atomic E-state index is 0.0149. The number of aliphatic carboxylic acids is 1. The summed E-state index contributed by atoms with van der Waals surface area (Å²) >= 11 is 1.42. The molecule has 6 amide bonds. The van der Waals surface area contributed by atoms with Crippen LogP contribution < -0.4 is 25.6 Å². The highest BCUT2D eigenvalue weighted by Crippen LogP contribution is 2.61. The molecule has 2 saturated carbocycles. The number of thiazole rings is 1. The number of aliphatic hydroxyl groups is 1. The maximum atomic E-state index is 13.8. The quantitative estimate of drug-likeness (QED) is 0.0161. The largest absolute Gasteiger partial charge is 0.479 e. The second-order valence-corrected chi connectivity index (χ2v) is 29.1. The molecular weight excluding hydrogens is 1380 g/mol. The van der Waals surface area contributed by atoms with Gasteiger partial charge in [0.15, 0.2) is 16.9 Å². The lowest BCUT2D eigenvalue weighted by Crippen LogP contribution is -2.56. The van der Waals surface area contributed by atoms with E-state index in [1.54, 1.807) is 19.3 Å². The van der Waals surface area contributed by atoms with Crippen molar-refractivity contribution in [3.8, 4) is 16.9 Å². The molecule has 562 valence electrons. The average molecular weight is 1470 g/mol. The van der Waals surface area contributed by atoms with E-state index in [1.165, 1.54) is 40.5 Å². The van der Waals surface area contributed by atoms with Gasteiger partial charge in [0.25, 0.3) is 17.7 Å². The molecule has 3 aliphatic heterocycles. The Morgan fingerprint density at radius 3 is 2.35 bits per heavy atom. The number of carbonyl (C=O) groups is 8. The molecule has 29 nitrogen and oxygen atoms in total. The zero-order valence-corrected chi connectivity index (χ0v) is 60.6. The van der Waals surface area contributed by atoms with E-state index in [-0.39, 0.29) is 125 Å². The molecule has 5 aliphatic rings. The van der Waals surface area contributed by atoms with Crippen molar-refractivity contribution in [2.45, 2.75) is 136 Å². The molecule has 2 bridgehead atoms. The van der Waals surface area contributed by atoms with E-state index in [0.717, 1.165) is 70.5 Å². The van der Waals surface area contributed by atoms with E-state index in [4.69, 9.17) is 48.0 Å². The van der Waals surface area contributed by atoms with Crippen LogP contribution in [-0.2, 0) is 83.2 Å². The predicted molar refractivity (Wildman–Crippen MR) is 385 cm³/mol. The Bertz CT molecular complexity index is 4130. The molecule has 1 saturated heterocycles. The van der Waals surface area contributed by atoms with Crippen LogP contribution in [0.25, 0.3) is 21.3 Å². The Balaban J connectivity index is 0.617. The highest BCUT2D eigenvalue weighted by atomic mass is 32.1. The third-order valence-electron chi connectivity index (χ3n) is 19.9. The molecule has 3 aromatic heterocycles. The number of pyridine rings is 1. The van der Waals surface area contributed by atoms with Crippen molar-refractivity contribution in [1.29, 1.82) is 0 Å². The fourth-order valence-electron chi connectivity index (χ4n) is 15.4. The van der Waals surface area contributed by atoms with Gasteiger partial charge in [-0.05, 0) is 128 Å². The molecule has 3 fully saturated rings. The molecule has 3 aromatic carbocycles. The van der Waals surface area contributed by atoms with E-state index in [0.29, 0.717) is 85.0 Å². The first-order chi connectivity index (χ1) is 50.5. The molecule has 0 spiro atoms. The van der Waals surface area contributed by atoms with Gasteiger partial charge in [-0.2, -0.15) is 5.10 Å². The van der Waals surface area contributed by atoms with Crippen molar-refractivity contribution in [3.05, 3.63) is 125 Å². The molecule has 30 heteroatoms. The number of anilines is 3. The molecule has 11 rings (SSSR count). The molecule has 6 aromatic rings. The highest BCUT2D eigenvalue weighted by Gasteiger charge is 2.56. The zero-order valence-electron chi connectivity index (χ0n) is 59.8. The van der Waals surface area contributed by atoms with Crippen molar-refractivity contribution in [1.82, 2.24) is 34.9 Å². The third-order valence-corrected chi connectivity index (χ3v) is 20.8. The minimum atomic E-state index is -1.33. The number of aromatic carboxylic acids is 1. The summed E-state index contributed by atoms with van der Waals surface area (Å²) in [6.07, 6.45) is 5.83. The SMILES string of the molecule is CCC1(Cn2ncc(-c3ccc(N4CCc5cccc(C(=O)Nc6nc7ccccc7s6)c5C4)nc3C(=O)O)c2C)CC2(C)CC(C)CC(OCCOCCOCCN(C)C(=O)OCc3ccc(OC4CC(O)CC(C(=O)O)O4)c(NC(=O)CCNC(=O)COCCOCCN4C(=O)C=CC4=O)c3)(C2)C1. The van der Waals surface area contributed by atoms with Gasteiger partial charge in [-0.25, -0.2) is 24.4 Å². The lowest BCUT2D eigenvalue weighted by atomic mass is 9.50. The van der Waals surface area contributed by atoms with Crippen molar-refractivity contribution in [2.75, 3.05) is 108 Å². The maximum Gasteiger partial charge on any atom is 0.409 e. The number of carboxylic acids is 2. The Morgan fingerprint density at radius 2 is 1.58 bits per heavy atom. The number of hydrogen-bond acceptors (Lipinski definition) is 22. The first kappa shape index (κ1) is 76.8. The Labute approximate surface area is 611 Å². The van der Waals surface area contributed by atoms with Crippen molar-refractivity contribution in [2.24, 2.45) is 16.7 Å². The minimum Gasteiger partial charge on any atom is -0.479 e. The standard InChI is InChI=1S/C75H92N10O19S/c1-6-74(46-85-48(3)54(39-77-85)52-15-17-61(80-67(52)70(94)95)83-23-21-50-10-9-11-53(55(50)40-83)68(91)81-71-79-56-12-7-8-13-60(56)105-71)43-73(4)37-47(2)38-75(44-73,45-74)102-33-32-99-29-28-97-26-24-82(5)72(96)101-41-49-14-16-58(103-66-36-51(86)35-59(104-66)69(92)93)57(34-49)78-62(87)20-22-76-63(88)42-100-31-30-98-27-25-84-64(89)18-19-65(84)90/h7-19,34,39,47,51,59,66,86H,6,20-33,35-38,40-46H2,1-5H3,(H,76,88)(H,78,87)(H,92,93)(H,94,95)(H,79,81,91). The number of para-hydroxylation sites is 1. The summed E-state index contributed by atoms with van der Waals surface area (Å²) in [6, 6.07) is 21.7. The predicted octanol–water partition coefficient (Wildman–Crippen LogP) is 8.18. The lowest BCUT2D eigenvalue weighted by Gasteiger charge is -2.59. The molecule has 7 unspecified atom stereocenters. The van der Waals surface area contributed by atoms with Crippen LogP contribution in [-0.4, -0.2) is 209 Å². The average Bonchev–Trinajstić information content (AvgIpc) is 1.35. The number of carboxylic acid groups (broad SMARTS) is 2. The molecule has 6 heterocycles. The number of hydrogen-bond donors (Lipinski definition) is 6. The lowest BCUT2D eigenvalue weighted by molar-refractivity contribution is -0.195. The van der Waals surface area contributed by atoms with Crippen LogP contribution in [0.4, 0.5) is 21.4 Å². The number of imide groups is 1. The van der Waals surface area contributed by atoms with Gasteiger partial charge in [-0.1, -0.05) is 62.4 Å². The number of nitrogens with zero attached hydrogens (tertiary/aromatic N) is 7. The summed E-state index contributed by atoms with van der Waals surface area (Å²) in [7, 11) is 1.57. The monoisotopic (exact) mass is 1470 g/mol. The zero-order chi connectivity index (χ0) is 74.4. The summed E-state index contributed by atoms with van der Waals surface area (Å²) < 4.78 is 49.7. The maximum absolute atomic E-state index is 13.8. The van der Waals surface area contributed by atoms with Crippen LogP contribution in [0, 0.1) is 23.7 Å².